The number of anilines is 1. The third-order valence-electron chi connectivity index (χ3n) is 4.87. The topological polar surface area (TPSA) is 69.7 Å². The number of nitrogens with one attached hydrogen (secondary N) is 1. The summed E-state index contributed by atoms with van der Waals surface area (Å²) < 4.78 is 17.6. The lowest BCUT2D eigenvalue weighted by Crippen LogP contribution is -2.15. The van der Waals surface area contributed by atoms with Gasteiger partial charge in [-0.1, -0.05) is 25.1 Å². The number of para-hydroxylation sites is 2. The van der Waals surface area contributed by atoms with Gasteiger partial charge in [-0.15, -0.1) is 0 Å². The molecule has 3 rings (SSSR count). The summed E-state index contributed by atoms with van der Waals surface area (Å²) in [6.07, 6.45) is 0.866. The van der Waals surface area contributed by atoms with Crippen LogP contribution in [0.3, 0.4) is 0 Å². The number of pyridine rings is 1. The van der Waals surface area contributed by atoms with E-state index in [0.717, 1.165) is 12.1 Å². The molecule has 0 bridgehead atoms. The molecule has 174 valence electrons. The van der Waals surface area contributed by atoms with Gasteiger partial charge in [0.1, 0.15) is 5.75 Å². The van der Waals surface area contributed by atoms with E-state index in [4.69, 9.17) is 14.2 Å². The largest absolute Gasteiger partial charge is 0.487 e. The smallest absolute Gasteiger partial charge is 0.257 e. The van der Waals surface area contributed by atoms with Crippen molar-refractivity contribution in [3.8, 4) is 17.2 Å². The van der Waals surface area contributed by atoms with Crippen LogP contribution in [0.25, 0.3) is 0 Å². The Bertz CT molecular complexity index is 1080. The quantitative estimate of drug-likeness (QED) is 0.373. The summed E-state index contributed by atoms with van der Waals surface area (Å²) in [5.74, 6) is 1.65. The molecule has 6 nitrogen and oxygen atoms in total. The van der Waals surface area contributed by atoms with Crippen LogP contribution in [0.15, 0.2) is 60.7 Å². The average molecular weight is 449 g/mol. The maximum atomic E-state index is 12.9. The van der Waals surface area contributed by atoms with Crippen LogP contribution in [0.1, 0.15) is 62.0 Å². The van der Waals surface area contributed by atoms with E-state index in [1.807, 2.05) is 76.2 Å². The Kier molecular flexibility index (Phi) is 8.44. The van der Waals surface area contributed by atoms with Crippen molar-refractivity contribution >= 4 is 11.6 Å². The van der Waals surface area contributed by atoms with Crippen molar-refractivity contribution in [2.24, 2.45) is 0 Å². The Morgan fingerprint density at radius 2 is 1.76 bits per heavy atom. The number of aromatic nitrogens is 1. The van der Waals surface area contributed by atoms with Gasteiger partial charge in [-0.2, -0.15) is 0 Å². The van der Waals surface area contributed by atoms with Crippen molar-refractivity contribution in [1.29, 1.82) is 0 Å². The van der Waals surface area contributed by atoms with Crippen molar-refractivity contribution in [3.05, 3.63) is 77.6 Å². The minimum Gasteiger partial charge on any atom is -0.487 e. The van der Waals surface area contributed by atoms with Gasteiger partial charge in [0, 0.05) is 18.4 Å². The van der Waals surface area contributed by atoms with Crippen LogP contribution < -0.4 is 14.8 Å². The van der Waals surface area contributed by atoms with Crippen LogP contribution in [-0.2, 0) is 4.74 Å². The summed E-state index contributed by atoms with van der Waals surface area (Å²) in [5, 5.41) is 2.93. The zero-order valence-electron chi connectivity index (χ0n) is 19.9. The molecule has 1 unspecified atom stereocenters. The predicted molar refractivity (Wildman–Crippen MR) is 130 cm³/mol. The normalized spacial score (nSPS) is 11.8. The van der Waals surface area contributed by atoms with E-state index in [1.54, 1.807) is 12.1 Å². The van der Waals surface area contributed by atoms with Crippen LogP contribution in [0, 0.1) is 6.92 Å². The molecular weight excluding hydrogens is 416 g/mol. The molecule has 0 aliphatic carbocycles. The van der Waals surface area contributed by atoms with Crippen molar-refractivity contribution in [2.75, 3.05) is 11.9 Å². The number of aryl methyl sites for hydroxylation is 1. The van der Waals surface area contributed by atoms with Crippen LogP contribution in [-0.4, -0.2) is 23.6 Å². The molecular formula is C27H32N2O4. The maximum Gasteiger partial charge on any atom is 0.257 e. The second-order valence-electron chi connectivity index (χ2n) is 8.08. The number of rotatable bonds is 10. The number of carbonyl (C=O) groups is 1. The Morgan fingerprint density at radius 1 is 1.00 bits per heavy atom. The summed E-state index contributed by atoms with van der Waals surface area (Å²) in [6, 6.07) is 18.4. The van der Waals surface area contributed by atoms with Crippen LogP contribution in [0.2, 0.25) is 0 Å². The Hall–Kier alpha value is -3.38. The van der Waals surface area contributed by atoms with E-state index < -0.39 is 0 Å². The summed E-state index contributed by atoms with van der Waals surface area (Å²) in [7, 11) is 0. The number of hydrogen-bond acceptors (Lipinski definition) is 5. The predicted octanol–water partition coefficient (Wildman–Crippen LogP) is 6.71. The molecule has 0 saturated heterocycles. The molecule has 33 heavy (non-hydrogen) atoms. The van der Waals surface area contributed by atoms with Gasteiger partial charge in [0.15, 0.2) is 11.5 Å². The molecule has 0 saturated carbocycles. The average Bonchev–Trinajstić information content (AvgIpc) is 2.78. The molecule has 0 radical (unpaired) electrons. The molecule has 1 amide bonds. The van der Waals surface area contributed by atoms with Gasteiger partial charge in [0.25, 0.3) is 5.91 Å². The maximum absolute atomic E-state index is 12.9. The molecule has 6 heteroatoms. The lowest BCUT2D eigenvalue weighted by molar-refractivity contribution is 0.0632. The summed E-state index contributed by atoms with van der Waals surface area (Å²) in [6.45, 7) is 10.5. The molecule has 1 N–H and O–H groups in total. The van der Waals surface area contributed by atoms with E-state index in [1.165, 1.54) is 0 Å². The summed E-state index contributed by atoms with van der Waals surface area (Å²) >= 11 is 0. The highest BCUT2D eigenvalue weighted by Gasteiger charge is 2.15. The third-order valence-corrected chi connectivity index (χ3v) is 4.87. The fourth-order valence-electron chi connectivity index (χ4n) is 3.28. The lowest BCUT2D eigenvalue weighted by Gasteiger charge is -2.15. The van der Waals surface area contributed by atoms with Crippen LogP contribution in [0.5, 0.6) is 17.2 Å². The van der Waals surface area contributed by atoms with Crippen molar-refractivity contribution in [3.63, 3.8) is 0 Å². The molecule has 0 aliphatic heterocycles. The molecule has 1 aromatic heterocycles. The highest BCUT2D eigenvalue weighted by atomic mass is 16.5. The van der Waals surface area contributed by atoms with E-state index in [-0.39, 0.29) is 18.1 Å². The third kappa shape index (κ3) is 6.80. The van der Waals surface area contributed by atoms with Crippen molar-refractivity contribution in [2.45, 2.75) is 53.2 Å². The number of hydrogen-bond donors (Lipinski definition) is 1. The Labute approximate surface area is 195 Å². The first kappa shape index (κ1) is 24.3. The highest BCUT2D eigenvalue weighted by Crippen LogP contribution is 2.33. The fraction of sp³-hybridized carbons (Fsp3) is 0.333. The van der Waals surface area contributed by atoms with E-state index in [0.29, 0.717) is 40.8 Å². The monoisotopic (exact) mass is 448 g/mol. The number of ether oxygens (including phenoxy) is 3. The first-order valence-corrected chi connectivity index (χ1v) is 11.3. The molecule has 1 atom stereocenters. The zero-order chi connectivity index (χ0) is 23.8. The van der Waals surface area contributed by atoms with Crippen LogP contribution in [0.4, 0.5) is 5.69 Å². The molecule has 0 aliphatic rings. The number of carbonyl (C=O) groups excluding carboxylic acids is 1. The second kappa shape index (κ2) is 11.5. The minimum absolute atomic E-state index is 0.0322. The van der Waals surface area contributed by atoms with E-state index in [9.17, 15) is 4.79 Å². The number of benzene rings is 2. The molecule has 3 aromatic rings. The second-order valence-corrected chi connectivity index (χ2v) is 8.08. The lowest BCUT2D eigenvalue weighted by atomic mass is 10.1. The van der Waals surface area contributed by atoms with Gasteiger partial charge in [-0.3, -0.25) is 9.78 Å². The van der Waals surface area contributed by atoms with E-state index in [2.05, 4.69) is 17.2 Å². The summed E-state index contributed by atoms with van der Waals surface area (Å²) in [5.41, 5.74) is 2.62. The zero-order valence-corrected chi connectivity index (χ0v) is 19.9. The molecule has 0 spiro atoms. The van der Waals surface area contributed by atoms with Crippen molar-refractivity contribution < 1.29 is 19.0 Å². The highest BCUT2D eigenvalue weighted by molar-refractivity contribution is 6.05. The first-order valence-electron chi connectivity index (χ1n) is 11.3. The van der Waals surface area contributed by atoms with E-state index >= 15 is 0 Å². The minimum atomic E-state index is -0.227. The molecule has 1 heterocycles. The van der Waals surface area contributed by atoms with Gasteiger partial charge in [0.05, 0.1) is 29.2 Å². The number of amides is 1. The van der Waals surface area contributed by atoms with Gasteiger partial charge in [-0.05, 0) is 70.5 Å². The van der Waals surface area contributed by atoms with Crippen LogP contribution >= 0.6 is 0 Å². The van der Waals surface area contributed by atoms with Gasteiger partial charge in [-0.25, -0.2) is 0 Å². The van der Waals surface area contributed by atoms with Gasteiger partial charge in [0.2, 0.25) is 0 Å². The first-order chi connectivity index (χ1) is 15.9. The Morgan fingerprint density at radius 3 is 2.45 bits per heavy atom. The fourth-order valence-corrected chi connectivity index (χ4v) is 3.28. The SMILES string of the molecule is CCCOC(C)c1ccc(C(=O)Nc2cccc(Oc3ccccc3OC(C)C)c2)c(C)n1. The molecule has 0 fully saturated rings. The molecule has 2 aromatic carbocycles. The van der Waals surface area contributed by atoms with Gasteiger partial charge < -0.3 is 19.5 Å². The van der Waals surface area contributed by atoms with Crippen molar-refractivity contribution in [1.82, 2.24) is 4.98 Å². The van der Waals surface area contributed by atoms with Gasteiger partial charge >= 0.3 is 0 Å². The summed E-state index contributed by atoms with van der Waals surface area (Å²) in [4.78, 5) is 17.5. The standard InChI is InChI=1S/C27H32N2O4/c1-6-16-31-20(5)24-15-14-23(19(4)28-24)27(30)29-21-10-9-11-22(17-21)33-26-13-8-7-12-25(26)32-18(2)3/h7-15,17-18,20H,6,16H2,1-5H3,(H,29,30). The number of nitrogens with zero attached hydrogens (tertiary/aromatic N) is 1. The Balaban J connectivity index is 1.71.